The zero-order valence-corrected chi connectivity index (χ0v) is 21.0. The van der Waals surface area contributed by atoms with E-state index in [1.165, 1.54) is 9.87 Å². The highest BCUT2D eigenvalue weighted by Crippen LogP contribution is 2.27. The van der Waals surface area contributed by atoms with Gasteiger partial charge in [-0.1, -0.05) is 86.5 Å². The first-order valence-electron chi connectivity index (χ1n) is 11.8. The Morgan fingerprint density at radius 3 is 2.21 bits per heavy atom. The van der Waals surface area contributed by atoms with E-state index in [4.69, 9.17) is 0 Å². The van der Waals surface area contributed by atoms with Crippen LogP contribution in [0.2, 0.25) is 0 Å². The number of nitrogens with zero attached hydrogens (tertiary/aromatic N) is 1. The van der Waals surface area contributed by atoms with Gasteiger partial charge in [-0.3, -0.25) is 9.10 Å². The Balaban J connectivity index is 1.81. The van der Waals surface area contributed by atoms with Crippen LogP contribution < -0.4 is 9.62 Å². The molecule has 3 rings (SSSR count). The van der Waals surface area contributed by atoms with Gasteiger partial charge in [0.25, 0.3) is 10.0 Å². The van der Waals surface area contributed by atoms with E-state index in [-0.39, 0.29) is 23.3 Å². The highest BCUT2D eigenvalue weighted by atomic mass is 32.2. The first-order chi connectivity index (χ1) is 16.3. The maximum atomic E-state index is 13.6. The quantitative estimate of drug-likeness (QED) is 0.415. The summed E-state index contributed by atoms with van der Waals surface area (Å²) in [5, 5.41) is 2.98. The van der Waals surface area contributed by atoms with Crippen LogP contribution in [-0.4, -0.2) is 27.4 Å². The standard InChI is InChI=1S/C28H34N2O3S/c1-4-23(19-24-11-7-6-8-12-24)20-29-28(31)21-30(27-14-10-9-13-25(27)5-2)34(32,33)26-17-15-22(3)16-18-26/h6-18,23H,4-5,19-21H2,1-3H3,(H,29,31). The summed E-state index contributed by atoms with van der Waals surface area (Å²) in [6.07, 6.45) is 2.44. The van der Waals surface area contributed by atoms with E-state index in [0.717, 1.165) is 24.0 Å². The Morgan fingerprint density at radius 2 is 1.56 bits per heavy atom. The highest BCUT2D eigenvalue weighted by molar-refractivity contribution is 7.92. The number of aryl methyl sites for hydroxylation is 2. The lowest BCUT2D eigenvalue weighted by Crippen LogP contribution is -2.42. The zero-order valence-electron chi connectivity index (χ0n) is 20.2. The molecule has 3 aromatic carbocycles. The number of benzene rings is 3. The van der Waals surface area contributed by atoms with Gasteiger partial charge in [-0.05, 0) is 55.0 Å². The van der Waals surface area contributed by atoms with E-state index in [1.54, 1.807) is 36.4 Å². The van der Waals surface area contributed by atoms with Crippen molar-refractivity contribution < 1.29 is 13.2 Å². The van der Waals surface area contributed by atoms with Crippen LogP contribution in [0.3, 0.4) is 0 Å². The van der Waals surface area contributed by atoms with E-state index in [9.17, 15) is 13.2 Å². The topological polar surface area (TPSA) is 66.5 Å². The minimum atomic E-state index is -3.92. The lowest BCUT2D eigenvalue weighted by molar-refractivity contribution is -0.119. The van der Waals surface area contributed by atoms with Gasteiger partial charge >= 0.3 is 0 Å². The summed E-state index contributed by atoms with van der Waals surface area (Å²) < 4.78 is 28.5. The summed E-state index contributed by atoms with van der Waals surface area (Å²) in [4.78, 5) is 13.2. The van der Waals surface area contributed by atoms with Gasteiger partial charge in [-0.25, -0.2) is 8.42 Å². The second-order valence-electron chi connectivity index (χ2n) is 8.58. The van der Waals surface area contributed by atoms with Crippen molar-refractivity contribution in [2.24, 2.45) is 5.92 Å². The lowest BCUT2D eigenvalue weighted by atomic mass is 9.97. The van der Waals surface area contributed by atoms with E-state index in [0.29, 0.717) is 18.7 Å². The van der Waals surface area contributed by atoms with Crippen LogP contribution in [0, 0.1) is 12.8 Å². The molecule has 1 amide bonds. The van der Waals surface area contributed by atoms with Gasteiger partial charge in [0.2, 0.25) is 5.91 Å². The molecule has 6 heteroatoms. The number of rotatable bonds is 11. The van der Waals surface area contributed by atoms with Gasteiger partial charge < -0.3 is 5.32 Å². The van der Waals surface area contributed by atoms with Crippen LogP contribution in [0.5, 0.6) is 0 Å². The predicted molar refractivity (Wildman–Crippen MR) is 138 cm³/mol. The summed E-state index contributed by atoms with van der Waals surface area (Å²) in [7, 11) is -3.92. The number of para-hydroxylation sites is 1. The normalized spacial score (nSPS) is 12.2. The summed E-state index contributed by atoms with van der Waals surface area (Å²) >= 11 is 0. The minimum absolute atomic E-state index is 0.173. The Morgan fingerprint density at radius 1 is 0.912 bits per heavy atom. The van der Waals surface area contributed by atoms with Crippen LogP contribution in [-0.2, 0) is 27.7 Å². The molecular weight excluding hydrogens is 444 g/mol. The summed E-state index contributed by atoms with van der Waals surface area (Å²) in [5.41, 5.74) is 3.61. The molecule has 3 aromatic rings. The fourth-order valence-electron chi connectivity index (χ4n) is 3.94. The number of anilines is 1. The summed E-state index contributed by atoms with van der Waals surface area (Å²) in [5.74, 6) is -0.0375. The van der Waals surface area contributed by atoms with Crippen LogP contribution in [0.15, 0.2) is 83.8 Å². The minimum Gasteiger partial charge on any atom is -0.354 e. The zero-order chi connectivity index (χ0) is 24.6. The Hall–Kier alpha value is -3.12. The molecule has 0 radical (unpaired) electrons. The SMILES string of the molecule is CCc1ccccc1N(CC(=O)NCC(CC)Cc1ccccc1)S(=O)(=O)c1ccc(C)cc1. The Bertz CT molecular complexity index is 1180. The van der Waals surface area contributed by atoms with Gasteiger partial charge in [0.1, 0.15) is 6.54 Å². The van der Waals surface area contributed by atoms with Crippen molar-refractivity contribution in [1.82, 2.24) is 5.32 Å². The average molecular weight is 479 g/mol. The number of hydrogen-bond donors (Lipinski definition) is 1. The maximum absolute atomic E-state index is 13.6. The number of carbonyl (C=O) groups excluding carboxylic acids is 1. The first-order valence-corrected chi connectivity index (χ1v) is 13.3. The molecule has 0 spiro atoms. The third-order valence-corrected chi connectivity index (χ3v) is 7.84. The molecule has 1 atom stereocenters. The van der Waals surface area contributed by atoms with Crippen molar-refractivity contribution in [2.45, 2.75) is 44.9 Å². The number of nitrogens with one attached hydrogen (secondary N) is 1. The van der Waals surface area contributed by atoms with E-state index in [1.807, 2.05) is 44.2 Å². The number of sulfonamides is 1. The molecule has 0 saturated carbocycles. The lowest BCUT2D eigenvalue weighted by Gasteiger charge is -2.26. The summed E-state index contributed by atoms with van der Waals surface area (Å²) in [6, 6.07) is 24.3. The van der Waals surface area contributed by atoms with Gasteiger partial charge in [-0.15, -0.1) is 0 Å². The molecule has 0 fully saturated rings. The molecule has 0 aliphatic rings. The van der Waals surface area contributed by atoms with Crippen molar-refractivity contribution >= 4 is 21.6 Å². The van der Waals surface area contributed by atoms with Gasteiger partial charge in [-0.2, -0.15) is 0 Å². The molecule has 0 aliphatic heterocycles. The van der Waals surface area contributed by atoms with Crippen molar-refractivity contribution in [3.63, 3.8) is 0 Å². The van der Waals surface area contributed by atoms with Crippen LogP contribution >= 0.6 is 0 Å². The molecule has 0 saturated heterocycles. The third kappa shape index (κ3) is 6.48. The molecule has 0 aromatic heterocycles. The van der Waals surface area contributed by atoms with Crippen molar-refractivity contribution in [3.05, 3.63) is 95.6 Å². The molecule has 0 bridgehead atoms. The van der Waals surface area contributed by atoms with E-state index < -0.39 is 10.0 Å². The van der Waals surface area contributed by atoms with Crippen LogP contribution in [0.25, 0.3) is 0 Å². The Kier molecular flexibility index (Phi) is 8.88. The molecule has 1 unspecified atom stereocenters. The van der Waals surface area contributed by atoms with Gasteiger partial charge in [0.15, 0.2) is 0 Å². The molecule has 1 N–H and O–H groups in total. The van der Waals surface area contributed by atoms with Gasteiger partial charge in [0.05, 0.1) is 10.6 Å². The van der Waals surface area contributed by atoms with Gasteiger partial charge in [0, 0.05) is 6.54 Å². The average Bonchev–Trinajstić information content (AvgIpc) is 2.85. The molecule has 180 valence electrons. The fourth-order valence-corrected chi connectivity index (χ4v) is 5.40. The highest BCUT2D eigenvalue weighted by Gasteiger charge is 2.28. The Labute approximate surface area is 203 Å². The van der Waals surface area contributed by atoms with Crippen molar-refractivity contribution in [3.8, 4) is 0 Å². The van der Waals surface area contributed by atoms with Crippen molar-refractivity contribution in [2.75, 3.05) is 17.4 Å². The second kappa shape index (κ2) is 11.8. The predicted octanol–water partition coefficient (Wildman–Crippen LogP) is 5.14. The second-order valence-corrected chi connectivity index (χ2v) is 10.4. The van der Waals surface area contributed by atoms with Crippen LogP contribution in [0.4, 0.5) is 5.69 Å². The van der Waals surface area contributed by atoms with E-state index in [2.05, 4.69) is 24.4 Å². The maximum Gasteiger partial charge on any atom is 0.264 e. The van der Waals surface area contributed by atoms with Crippen molar-refractivity contribution in [1.29, 1.82) is 0 Å². The number of carbonyl (C=O) groups is 1. The largest absolute Gasteiger partial charge is 0.354 e. The summed E-state index contributed by atoms with van der Waals surface area (Å²) in [6.45, 7) is 6.22. The third-order valence-electron chi connectivity index (χ3n) is 6.07. The fraction of sp³-hybridized carbons (Fsp3) is 0.321. The molecule has 5 nitrogen and oxygen atoms in total. The molecular formula is C28H34N2O3S. The molecule has 0 aliphatic carbocycles. The van der Waals surface area contributed by atoms with E-state index >= 15 is 0 Å². The number of hydrogen-bond acceptors (Lipinski definition) is 3. The van der Waals surface area contributed by atoms with Crippen LogP contribution in [0.1, 0.15) is 37.0 Å². The smallest absolute Gasteiger partial charge is 0.264 e. The number of amides is 1. The monoisotopic (exact) mass is 478 g/mol. The molecule has 34 heavy (non-hydrogen) atoms. The first kappa shape index (κ1) is 25.5. The molecule has 0 heterocycles.